The predicted octanol–water partition coefficient (Wildman–Crippen LogP) is 6.54. The van der Waals surface area contributed by atoms with Crippen molar-refractivity contribution in [2.45, 2.75) is 71.3 Å². The lowest BCUT2D eigenvalue weighted by atomic mass is 10.1. The molecule has 13 heteroatoms. The zero-order valence-electron chi connectivity index (χ0n) is 28.0. The van der Waals surface area contributed by atoms with Crippen LogP contribution in [0, 0.1) is 13.8 Å². The number of ether oxygens (including phenoxy) is 4. The Hall–Kier alpha value is -1.46. The average Bonchev–Trinajstić information content (AvgIpc) is 2.87. The smallest absolute Gasteiger partial charge is 0.234 e. The van der Waals surface area contributed by atoms with Crippen molar-refractivity contribution >= 4 is 47.8 Å². The van der Waals surface area contributed by atoms with Crippen LogP contribution in [0.15, 0.2) is 34.8 Å². The van der Waals surface area contributed by atoms with Gasteiger partial charge in [-0.05, 0) is 66.9 Å². The Morgan fingerprint density at radius 1 is 0.909 bits per heavy atom. The van der Waals surface area contributed by atoms with Gasteiger partial charge < -0.3 is 29.4 Å². The van der Waals surface area contributed by atoms with Gasteiger partial charge in [-0.2, -0.15) is 0 Å². The number of aliphatic hydroxyl groups is 1. The molecule has 2 aromatic rings. The van der Waals surface area contributed by atoms with Crippen LogP contribution in [0.25, 0.3) is 0 Å². The molecule has 0 unspecified atom stereocenters. The van der Waals surface area contributed by atoms with Crippen LogP contribution in [0.5, 0.6) is 11.5 Å². The molecule has 0 bridgehead atoms. The first-order chi connectivity index (χ1) is 20.4. The molecule has 0 aromatic heterocycles. The summed E-state index contributed by atoms with van der Waals surface area (Å²) >= 11 is 3.50. The van der Waals surface area contributed by atoms with E-state index in [9.17, 15) is 13.5 Å². The molecule has 250 valence electrons. The standard InChI is InChI=1S/C31H53BrN2O7SSi2/c1-24-18-27(32)19-25(2)31(24)40-13-12-33-21-29(35)26-10-11-30(41-23-39-15-17-44(7,8)9)28(20-26)34(42(3,36)37)22-38-14-16-43(4,5)6/h10-11,18-20,29,33,35H,12-17,21-23H2,1-9H3/t29-/m0/s1. The minimum atomic E-state index is -3.73. The number of nitrogens with zero attached hydrogens (tertiary/aromatic N) is 1. The number of benzene rings is 2. The van der Waals surface area contributed by atoms with Gasteiger partial charge in [-0.15, -0.1) is 0 Å². The molecule has 9 nitrogen and oxygen atoms in total. The number of hydrogen-bond acceptors (Lipinski definition) is 8. The summed E-state index contributed by atoms with van der Waals surface area (Å²) in [5.74, 6) is 1.20. The van der Waals surface area contributed by atoms with E-state index in [4.69, 9.17) is 18.9 Å². The van der Waals surface area contributed by atoms with Crippen LogP contribution < -0.4 is 19.1 Å². The Balaban J connectivity index is 2.13. The fourth-order valence-electron chi connectivity index (χ4n) is 4.18. The Morgan fingerprint density at radius 2 is 1.50 bits per heavy atom. The van der Waals surface area contributed by atoms with Gasteiger partial charge in [0.15, 0.2) is 6.79 Å². The van der Waals surface area contributed by atoms with Crippen LogP contribution in [0.2, 0.25) is 51.4 Å². The number of anilines is 1. The number of hydrogen-bond donors (Lipinski definition) is 2. The summed E-state index contributed by atoms with van der Waals surface area (Å²) in [4.78, 5) is 0. The Kier molecular flexibility index (Phi) is 15.4. The highest BCUT2D eigenvalue weighted by molar-refractivity contribution is 9.10. The molecule has 0 aliphatic carbocycles. The molecule has 0 saturated carbocycles. The molecule has 0 saturated heterocycles. The van der Waals surface area contributed by atoms with Gasteiger partial charge in [-0.25, -0.2) is 12.7 Å². The van der Waals surface area contributed by atoms with Crippen molar-refractivity contribution in [3.05, 3.63) is 51.5 Å². The number of aryl methyl sites for hydroxylation is 2. The normalized spacial score (nSPS) is 13.2. The molecule has 0 fully saturated rings. The Bertz CT molecular complexity index is 1280. The largest absolute Gasteiger partial charge is 0.492 e. The lowest BCUT2D eigenvalue weighted by Crippen LogP contribution is -2.34. The van der Waals surface area contributed by atoms with Gasteiger partial charge in [0, 0.05) is 46.9 Å². The molecule has 1 atom stereocenters. The highest BCUT2D eigenvalue weighted by atomic mass is 79.9. The van der Waals surface area contributed by atoms with E-state index in [1.54, 1.807) is 18.2 Å². The maximum absolute atomic E-state index is 13.0. The molecule has 2 rings (SSSR count). The second-order valence-corrected chi connectivity index (χ2v) is 27.7. The minimum Gasteiger partial charge on any atom is -0.492 e. The van der Waals surface area contributed by atoms with Crippen molar-refractivity contribution in [2.75, 3.05) is 57.0 Å². The fraction of sp³-hybridized carbons (Fsp3) is 0.613. The van der Waals surface area contributed by atoms with Crippen LogP contribution in [0.1, 0.15) is 22.8 Å². The lowest BCUT2D eigenvalue weighted by Gasteiger charge is -2.26. The van der Waals surface area contributed by atoms with E-state index in [1.807, 2.05) is 26.0 Å². The van der Waals surface area contributed by atoms with Gasteiger partial charge in [0.1, 0.15) is 24.8 Å². The maximum Gasteiger partial charge on any atom is 0.234 e. The average molecular weight is 734 g/mol. The van der Waals surface area contributed by atoms with E-state index in [-0.39, 0.29) is 20.1 Å². The van der Waals surface area contributed by atoms with Crippen molar-refractivity contribution < 1.29 is 32.5 Å². The van der Waals surface area contributed by atoms with Gasteiger partial charge in [0.05, 0.1) is 18.0 Å². The number of aliphatic hydroxyl groups excluding tert-OH is 1. The van der Waals surface area contributed by atoms with Crippen LogP contribution in [-0.4, -0.2) is 82.4 Å². The topological polar surface area (TPSA) is 107 Å². The summed E-state index contributed by atoms with van der Waals surface area (Å²) in [7, 11) is -6.34. The minimum absolute atomic E-state index is 0.00760. The van der Waals surface area contributed by atoms with Crippen LogP contribution >= 0.6 is 15.9 Å². The van der Waals surface area contributed by atoms with Crippen molar-refractivity contribution in [1.82, 2.24) is 5.32 Å². The first-order valence-corrected chi connectivity index (χ1v) is 25.1. The van der Waals surface area contributed by atoms with Crippen LogP contribution in [-0.2, 0) is 19.5 Å². The molecular formula is C31H53BrN2O7SSi2. The highest BCUT2D eigenvalue weighted by Gasteiger charge is 2.24. The summed E-state index contributed by atoms with van der Waals surface area (Å²) in [6.07, 6.45) is 0.254. The molecule has 2 aromatic carbocycles. The summed E-state index contributed by atoms with van der Waals surface area (Å²) in [5, 5.41) is 14.2. The van der Waals surface area contributed by atoms with E-state index < -0.39 is 32.3 Å². The maximum atomic E-state index is 13.0. The van der Waals surface area contributed by atoms with Crippen molar-refractivity contribution in [3.8, 4) is 11.5 Å². The number of rotatable bonds is 20. The van der Waals surface area contributed by atoms with Gasteiger partial charge in [-0.3, -0.25) is 0 Å². The Labute approximate surface area is 275 Å². The van der Waals surface area contributed by atoms with Gasteiger partial charge in [0.2, 0.25) is 10.0 Å². The van der Waals surface area contributed by atoms with E-state index in [0.29, 0.717) is 43.4 Å². The SMILES string of the molecule is Cc1cc(Br)cc(C)c1OCCNC[C@H](O)c1ccc(OCOCC[Si](C)(C)C)c(N(COCC[Si](C)(C)C)S(C)(=O)=O)c1. The predicted molar refractivity (Wildman–Crippen MR) is 189 cm³/mol. The van der Waals surface area contributed by atoms with Crippen molar-refractivity contribution in [1.29, 1.82) is 0 Å². The summed E-state index contributed by atoms with van der Waals surface area (Å²) in [6.45, 7) is 19.7. The second kappa shape index (κ2) is 17.5. The Morgan fingerprint density at radius 3 is 2.07 bits per heavy atom. The fourth-order valence-corrected chi connectivity index (χ4v) is 7.14. The quantitative estimate of drug-likeness (QED) is 0.0899. The molecule has 0 radical (unpaired) electrons. The lowest BCUT2D eigenvalue weighted by molar-refractivity contribution is 0.0222. The van der Waals surface area contributed by atoms with Crippen LogP contribution in [0.3, 0.4) is 0 Å². The highest BCUT2D eigenvalue weighted by Crippen LogP contribution is 2.33. The molecular weight excluding hydrogens is 680 g/mol. The molecule has 0 spiro atoms. The van der Waals surface area contributed by atoms with E-state index in [1.165, 1.54) is 4.31 Å². The van der Waals surface area contributed by atoms with E-state index in [0.717, 1.165) is 39.7 Å². The number of nitrogens with one attached hydrogen (secondary N) is 1. The van der Waals surface area contributed by atoms with Gasteiger partial charge in [0.25, 0.3) is 0 Å². The third kappa shape index (κ3) is 14.3. The zero-order valence-corrected chi connectivity index (χ0v) is 32.4. The molecule has 0 aliphatic rings. The van der Waals surface area contributed by atoms with E-state index >= 15 is 0 Å². The van der Waals surface area contributed by atoms with E-state index in [2.05, 4.69) is 60.5 Å². The van der Waals surface area contributed by atoms with Gasteiger partial charge in [-0.1, -0.05) is 61.3 Å². The number of halogens is 1. The number of sulfonamides is 1. The van der Waals surface area contributed by atoms with Crippen molar-refractivity contribution in [2.24, 2.45) is 0 Å². The zero-order chi connectivity index (χ0) is 33.1. The van der Waals surface area contributed by atoms with Gasteiger partial charge >= 0.3 is 0 Å². The molecule has 44 heavy (non-hydrogen) atoms. The van der Waals surface area contributed by atoms with Crippen LogP contribution in [0.4, 0.5) is 5.69 Å². The molecule has 0 heterocycles. The summed E-state index contributed by atoms with van der Waals surface area (Å²) in [6, 6.07) is 11.0. The monoisotopic (exact) mass is 732 g/mol. The first-order valence-electron chi connectivity index (χ1n) is 15.1. The molecule has 0 aliphatic heterocycles. The summed E-state index contributed by atoms with van der Waals surface area (Å²) in [5.41, 5.74) is 2.95. The third-order valence-corrected chi connectivity index (χ3v) is 11.8. The second-order valence-electron chi connectivity index (χ2n) is 13.6. The molecule has 0 amide bonds. The summed E-state index contributed by atoms with van der Waals surface area (Å²) < 4.78 is 51.6. The first kappa shape index (κ1) is 38.7. The third-order valence-electron chi connectivity index (χ3n) is 6.82. The molecule has 2 N–H and O–H groups in total. The van der Waals surface area contributed by atoms with Crippen molar-refractivity contribution in [3.63, 3.8) is 0 Å².